The van der Waals surface area contributed by atoms with Gasteiger partial charge < -0.3 is 10.6 Å². The molecule has 0 saturated carbocycles. The second-order valence-corrected chi connectivity index (χ2v) is 5.57. The number of aryl methyl sites for hydroxylation is 1. The molecular formula is C14H19N3S. The zero-order valence-corrected chi connectivity index (χ0v) is 11.9. The highest BCUT2D eigenvalue weighted by Crippen LogP contribution is 2.24. The average Bonchev–Trinajstić information content (AvgIpc) is 2.74. The van der Waals surface area contributed by atoms with Crippen molar-refractivity contribution in [1.82, 2.24) is 4.98 Å². The maximum Gasteiger partial charge on any atom is 0.186 e. The summed E-state index contributed by atoms with van der Waals surface area (Å²) in [6, 6.07) is 8.46. The lowest BCUT2D eigenvalue weighted by Crippen LogP contribution is -2.30. The Labute approximate surface area is 112 Å². The summed E-state index contributed by atoms with van der Waals surface area (Å²) in [6.07, 6.45) is 0. The van der Waals surface area contributed by atoms with Gasteiger partial charge in [0.25, 0.3) is 0 Å². The molecule has 0 aliphatic carbocycles. The number of thiazole rings is 1. The summed E-state index contributed by atoms with van der Waals surface area (Å²) in [5.74, 6) is 0. The minimum Gasteiger partial charge on any atom is -0.399 e. The number of aromatic nitrogens is 1. The Morgan fingerprint density at radius 1 is 1.28 bits per heavy atom. The van der Waals surface area contributed by atoms with Gasteiger partial charge in [-0.25, -0.2) is 4.98 Å². The van der Waals surface area contributed by atoms with Crippen molar-refractivity contribution < 1.29 is 0 Å². The van der Waals surface area contributed by atoms with E-state index < -0.39 is 0 Å². The minimum atomic E-state index is 0.424. The van der Waals surface area contributed by atoms with Gasteiger partial charge in [-0.1, -0.05) is 12.1 Å². The molecule has 0 aliphatic heterocycles. The number of rotatable bonds is 4. The lowest BCUT2D eigenvalue weighted by Gasteiger charge is -2.26. The van der Waals surface area contributed by atoms with Gasteiger partial charge in [-0.15, -0.1) is 11.3 Å². The molecule has 2 N–H and O–H groups in total. The summed E-state index contributed by atoms with van der Waals surface area (Å²) in [7, 11) is 0. The van der Waals surface area contributed by atoms with Gasteiger partial charge in [-0.2, -0.15) is 0 Å². The maximum absolute atomic E-state index is 5.71. The van der Waals surface area contributed by atoms with Crippen LogP contribution in [0.15, 0.2) is 29.6 Å². The third kappa shape index (κ3) is 3.01. The van der Waals surface area contributed by atoms with Crippen LogP contribution in [0, 0.1) is 6.92 Å². The fourth-order valence-electron chi connectivity index (χ4n) is 1.76. The van der Waals surface area contributed by atoms with Crippen LogP contribution in [-0.4, -0.2) is 11.0 Å². The molecule has 0 radical (unpaired) electrons. The van der Waals surface area contributed by atoms with Crippen LogP contribution in [0.5, 0.6) is 0 Å². The van der Waals surface area contributed by atoms with Crippen LogP contribution in [0.2, 0.25) is 0 Å². The van der Waals surface area contributed by atoms with Gasteiger partial charge in [0.1, 0.15) is 0 Å². The predicted molar refractivity (Wildman–Crippen MR) is 79.0 cm³/mol. The van der Waals surface area contributed by atoms with Crippen LogP contribution >= 0.6 is 11.3 Å². The van der Waals surface area contributed by atoms with Gasteiger partial charge in [-0.05, 0) is 38.5 Å². The van der Waals surface area contributed by atoms with E-state index in [1.165, 1.54) is 5.56 Å². The Balaban J connectivity index is 2.19. The molecule has 3 nitrogen and oxygen atoms in total. The van der Waals surface area contributed by atoms with Crippen molar-refractivity contribution in [3.8, 4) is 0 Å². The highest BCUT2D eigenvalue weighted by atomic mass is 32.1. The lowest BCUT2D eigenvalue weighted by atomic mass is 10.2. The predicted octanol–water partition coefficient (Wildman–Crippen LogP) is 3.45. The molecular weight excluding hydrogens is 242 g/mol. The van der Waals surface area contributed by atoms with Crippen molar-refractivity contribution in [3.05, 3.63) is 40.9 Å². The number of benzene rings is 1. The Morgan fingerprint density at radius 2 is 1.94 bits per heavy atom. The van der Waals surface area contributed by atoms with E-state index in [2.05, 4.69) is 41.2 Å². The summed E-state index contributed by atoms with van der Waals surface area (Å²) >= 11 is 1.70. The minimum absolute atomic E-state index is 0.424. The standard InChI is InChI=1S/C14H19N3S/c1-10(2)17(14-16-11(3)9-18-14)8-12-4-6-13(15)7-5-12/h4-7,9-10H,8,15H2,1-3H3. The summed E-state index contributed by atoms with van der Waals surface area (Å²) < 4.78 is 0. The first-order chi connectivity index (χ1) is 8.56. The second-order valence-electron chi connectivity index (χ2n) is 4.73. The molecule has 0 fully saturated rings. The summed E-state index contributed by atoms with van der Waals surface area (Å²) in [4.78, 5) is 6.87. The van der Waals surface area contributed by atoms with Crippen LogP contribution < -0.4 is 10.6 Å². The van der Waals surface area contributed by atoms with Gasteiger partial charge in [0, 0.05) is 23.7 Å². The third-order valence-electron chi connectivity index (χ3n) is 2.81. The van der Waals surface area contributed by atoms with E-state index in [0.29, 0.717) is 6.04 Å². The van der Waals surface area contributed by atoms with E-state index in [1.807, 2.05) is 19.1 Å². The van der Waals surface area contributed by atoms with Gasteiger partial charge in [0.05, 0.1) is 5.69 Å². The largest absolute Gasteiger partial charge is 0.399 e. The van der Waals surface area contributed by atoms with Crippen molar-refractivity contribution in [2.45, 2.75) is 33.4 Å². The normalized spacial score (nSPS) is 10.9. The molecule has 1 aromatic carbocycles. The molecule has 2 rings (SSSR count). The molecule has 0 amide bonds. The van der Waals surface area contributed by atoms with Gasteiger partial charge in [0.15, 0.2) is 5.13 Å². The molecule has 0 unspecified atom stereocenters. The van der Waals surface area contributed by atoms with Crippen LogP contribution in [0.3, 0.4) is 0 Å². The zero-order chi connectivity index (χ0) is 13.1. The Bertz CT molecular complexity index is 502. The third-order valence-corrected chi connectivity index (χ3v) is 3.80. The fourth-order valence-corrected chi connectivity index (χ4v) is 2.70. The monoisotopic (exact) mass is 261 g/mol. The molecule has 96 valence electrons. The number of nitrogen functional groups attached to an aromatic ring is 1. The number of hydrogen-bond donors (Lipinski definition) is 1. The van der Waals surface area contributed by atoms with Gasteiger partial charge >= 0.3 is 0 Å². The number of hydrogen-bond acceptors (Lipinski definition) is 4. The van der Waals surface area contributed by atoms with E-state index >= 15 is 0 Å². The van der Waals surface area contributed by atoms with E-state index in [-0.39, 0.29) is 0 Å². The number of nitrogens with zero attached hydrogens (tertiary/aromatic N) is 2. The van der Waals surface area contributed by atoms with Crippen LogP contribution in [0.1, 0.15) is 25.1 Å². The molecule has 0 atom stereocenters. The number of anilines is 2. The SMILES string of the molecule is Cc1csc(N(Cc2ccc(N)cc2)C(C)C)n1. The lowest BCUT2D eigenvalue weighted by molar-refractivity contribution is 0.679. The summed E-state index contributed by atoms with van der Waals surface area (Å²) in [5, 5.41) is 3.17. The molecule has 1 aromatic heterocycles. The molecule has 0 saturated heterocycles. The second kappa shape index (κ2) is 5.40. The molecule has 1 heterocycles. The Hall–Kier alpha value is -1.55. The Kier molecular flexibility index (Phi) is 3.87. The quantitative estimate of drug-likeness (QED) is 0.857. The van der Waals surface area contributed by atoms with Gasteiger partial charge in [-0.3, -0.25) is 0 Å². The van der Waals surface area contributed by atoms with Crippen molar-refractivity contribution in [1.29, 1.82) is 0 Å². The first kappa shape index (κ1) is 12.9. The fraction of sp³-hybridized carbons (Fsp3) is 0.357. The highest BCUT2D eigenvalue weighted by Gasteiger charge is 2.14. The van der Waals surface area contributed by atoms with E-state index in [9.17, 15) is 0 Å². The van der Waals surface area contributed by atoms with Crippen LogP contribution in [0.25, 0.3) is 0 Å². The summed E-state index contributed by atoms with van der Waals surface area (Å²) in [6.45, 7) is 7.27. The van der Waals surface area contributed by atoms with E-state index in [1.54, 1.807) is 11.3 Å². The van der Waals surface area contributed by atoms with Crippen molar-refractivity contribution >= 4 is 22.2 Å². The van der Waals surface area contributed by atoms with Gasteiger partial charge in [0.2, 0.25) is 0 Å². The first-order valence-electron chi connectivity index (χ1n) is 6.09. The maximum atomic E-state index is 5.71. The molecule has 2 aromatic rings. The molecule has 0 aliphatic rings. The van der Waals surface area contributed by atoms with Crippen molar-refractivity contribution in [3.63, 3.8) is 0 Å². The molecule has 0 spiro atoms. The van der Waals surface area contributed by atoms with Crippen molar-refractivity contribution in [2.24, 2.45) is 0 Å². The smallest absolute Gasteiger partial charge is 0.186 e. The zero-order valence-electron chi connectivity index (χ0n) is 11.1. The molecule has 4 heteroatoms. The first-order valence-corrected chi connectivity index (χ1v) is 6.97. The average molecular weight is 261 g/mol. The van der Waals surface area contributed by atoms with E-state index in [0.717, 1.165) is 23.1 Å². The summed E-state index contributed by atoms with van der Waals surface area (Å²) in [5.41, 5.74) is 8.85. The highest BCUT2D eigenvalue weighted by molar-refractivity contribution is 7.13. The van der Waals surface area contributed by atoms with Crippen molar-refractivity contribution in [2.75, 3.05) is 10.6 Å². The van der Waals surface area contributed by atoms with Crippen LogP contribution in [0.4, 0.5) is 10.8 Å². The molecule has 0 bridgehead atoms. The van der Waals surface area contributed by atoms with Crippen LogP contribution in [-0.2, 0) is 6.54 Å². The topological polar surface area (TPSA) is 42.1 Å². The molecule has 18 heavy (non-hydrogen) atoms. The Morgan fingerprint density at radius 3 is 2.44 bits per heavy atom. The number of nitrogens with two attached hydrogens (primary N) is 1. The van der Waals surface area contributed by atoms with E-state index in [4.69, 9.17) is 5.73 Å².